The molecule has 0 spiro atoms. The lowest BCUT2D eigenvalue weighted by atomic mass is 10.0. The third kappa shape index (κ3) is 4.49. The van der Waals surface area contributed by atoms with Gasteiger partial charge in [-0.05, 0) is 25.1 Å². The van der Waals surface area contributed by atoms with Crippen LogP contribution in [0.4, 0.5) is 0 Å². The quantitative estimate of drug-likeness (QED) is 0.547. The molecule has 0 amide bonds. The number of hydrogen-bond donors (Lipinski definition) is 2. The van der Waals surface area contributed by atoms with Crippen LogP contribution in [-0.4, -0.2) is 23.8 Å². The zero-order chi connectivity index (χ0) is 13.4. The van der Waals surface area contributed by atoms with Crippen molar-refractivity contribution in [2.75, 3.05) is 13.1 Å². The minimum Gasteiger partial charge on any atom is -0.388 e. The number of benzene rings is 1. The predicted octanol–water partition coefficient (Wildman–Crippen LogP) is 3.18. The van der Waals surface area contributed by atoms with E-state index >= 15 is 0 Å². The van der Waals surface area contributed by atoms with E-state index in [2.05, 4.69) is 43.0 Å². The summed E-state index contributed by atoms with van der Waals surface area (Å²) in [6.45, 7) is 6.44. The molecule has 0 aliphatic carbocycles. The van der Waals surface area contributed by atoms with Gasteiger partial charge in [0.1, 0.15) is 0 Å². The number of nitrogens with zero attached hydrogens (tertiary/aromatic N) is 1. The molecular formula is C15H25N3. The Morgan fingerprint density at radius 1 is 1.28 bits per heavy atom. The van der Waals surface area contributed by atoms with E-state index in [0.717, 1.165) is 13.1 Å². The van der Waals surface area contributed by atoms with Crippen LogP contribution >= 0.6 is 0 Å². The largest absolute Gasteiger partial charge is 0.388 e. The molecule has 0 radical (unpaired) electrons. The van der Waals surface area contributed by atoms with Crippen LogP contribution in [0.2, 0.25) is 0 Å². The zero-order valence-electron chi connectivity index (χ0n) is 11.5. The fourth-order valence-corrected chi connectivity index (χ4v) is 2.24. The van der Waals surface area contributed by atoms with Crippen LogP contribution in [-0.2, 0) is 0 Å². The second kappa shape index (κ2) is 7.88. The molecule has 100 valence electrons. The van der Waals surface area contributed by atoms with E-state index in [9.17, 15) is 0 Å². The van der Waals surface area contributed by atoms with E-state index in [-0.39, 0.29) is 11.9 Å². The molecule has 0 bridgehead atoms. The first-order valence-electron chi connectivity index (χ1n) is 6.80. The number of unbranched alkanes of at least 4 members (excludes halogenated alkanes) is 1. The van der Waals surface area contributed by atoms with Crippen LogP contribution in [0, 0.1) is 5.41 Å². The molecule has 0 heterocycles. The SMILES string of the molecule is CCCCN(CC)C(CC(=N)N)c1ccccc1. The minimum atomic E-state index is 0.236. The Morgan fingerprint density at radius 3 is 2.44 bits per heavy atom. The third-order valence-corrected chi connectivity index (χ3v) is 3.24. The van der Waals surface area contributed by atoms with E-state index in [1.165, 1.54) is 18.4 Å². The summed E-state index contributed by atoms with van der Waals surface area (Å²) in [6.07, 6.45) is 2.99. The van der Waals surface area contributed by atoms with Gasteiger partial charge in [-0.25, -0.2) is 0 Å². The highest BCUT2D eigenvalue weighted by atomic mass is 15.1. The first-order chi connectivity index (χ1) is 8.69. The maximum absolute atomic E-state index is 7.57. The summed E-state index contributed by atoms with van der Waals surface area (Å²) in [5.74, 6) is 0.263. The van der Waals surface area contributed by atoms with Crippen molar-refractivity contribution in [2.24, 2.45) is 5.73 Å². The number of nitrogens with two attached hydrogens (primary N) is 1. The van der Waals surface area contributed by atoms with Gasteiger partial charge >= 0.3 is 0 Å². The third-order valence-electron chi connectivity index (χ3n) is 3.24. The Balaban J connectivity index is 2.85. The van der Waals surface area contributed by atoms with Crippen molar-refractivity contribution in [1.82, 2.24) is 4.90 Å². The molecule has 1 unspecified atom stereocenters. The van der Waals surface area contributed by atoms with Crippen molar-refractivity contribution in [1.29, 1.82) is 5.41 Å². The van der Waals surface area contributed by atoms with Gasteiger partial charge in [0.25, 0.3) is 0 Å². The highest BCUT2D eigenvalue weighted by molar-refractivity contribution is 5.77. The molecule has 18 heavy (non-hydrogen) atoms. The summed E-state index contributed by atoms with van der Waals surface area (Å²) in [7, 11) is 0. The molecular weight excluding hydrogens is 222 g/mol. The van der Waals surface area contributed by atoms with Crippen molar-refractivity contribution < 1.29 is 0 Å². The van der Waals surface area contributed by atoms with Crippen molar-refractivity contribution in [3.05, 3.63) is 35.9 Å². The topological polar surface area (TPSA) is 53.1 Å². The van der Waals surface area contributed by atoms with Crippen molar-refractivity contribution in [3.63, 3.8) is 0 Å². The normalized spacial score (nSPS) is 12.6. The highest BCUT2D eigenvalue weighted by Gasteiger charge is 2.19. The average molecular weight is 247 g/mol. The number of hydrogen-bond acceptors (Lipinski definition) is 2. The summed E-state index contributed by atoms with van der Waals surface area (Å²) in [5, 5.41) is 7.57. The first-order valence-corrected chi connectivity index (χ1v) is 6.80. The molecule has 0 aromatic heterocycles. The van der Waals surface area contributed by atoms with Crippen molar-refractivity contribution in [2.45, 2.75) is 39.2 Å². The molecule has 1 rings (SSSR count). The van der Waals surface area contributed by atoms with Gasteiger partial charge in [0.05, 0.1) is 5.84 Å². The fourth-order valence-electron chi connectivity index (χ4n) is 2.24. The van der Waals surface area contributed by atoms with E-state index < -0.39 is 0 Å². The maximum atomic E-state index is 7.57. The fraction of sp³-hybridized carbons (Fsp3) is 0.533. The lowest BCUT2D eigenvalue weighted by Gasteiger charge is -2.31. The van der Waals surface area contributed by atoms with Crippen LogP contribution in [0.3, 0.4) is 0 Å². The standard InChI is InChI=1S/C15H25N3/c1-3-5-11-18(4-2)14(12-15(16)17)13-9-7-6-8-10-13/h6-10,14H,3-5,11-12H2,1-2H3,(H3,16,17). The van der Waals surface area contributed by atoms with Crippen molar-refractivity contribution >= 4 is 5.84 Å². The molecule has 0 fully saturated rings. The van der Waals surface area contributed by atoms with Crippen LogP contribution in [0.15, 0.2) is 30.3 Å². The summed E-state index contributed by atoms with van der Waals surface area (Å²) < 4.78 is 0. The predicted molar refractivity (Wildman–Crippen MR) is 77.9 cm³/mol. The van der Waals surface area contributed by atoms with Gasteiger partial charge in [-0.3, -0.25) is 10.3 Å². The number of nitrogens with one attached hydrogen (secondary N) is 1. The smallest absolute Gasteiger partial charge is 0.0924 e. The molecule has 0 aliphatic heterocycles. The van der Waals surface area contributed by atoms with Crippen LogP contribution in [0.1, 0.15) is 44.7 Å². The van der Waals surface area contributed by atoms with Gasteiger partial charge in [-0.15, -0.1) is 0 Å². The van der Waals surface area contributed by atoms with Crippen LogP contribution < -0.4 is 5.73 Å². The average Bonchev–Trinajstić information content (AvgIpc) is 2.39. The lowest BCUT2D eigenvalue weighted by molar-refractivity contribution is 0.208. The summed E-state index contributed by atoms with van der Waals surface area (Å²) in [6, 6.07) is 10.6. The van der Waals surface area contributed by atoms with Gasteiger partial charge in [0.2, 0.25) is 0 Å². The van der Waals surface area contributed by atoms with E-state index in [1.807, 2.05) is 6.07 Å². The van der Waals surface area contributed by atoms with Gasteiger partial charge < -0.3 is 5.73 Å². The molecule has 1 aromatic carbocycles. The Hall–Kier alpha value is -1.35. The molecule has 0 aliphatic rings. The molecule has 0 saturated carbocycles. The van der Waals surface area contributed by atoms with E-state index in [4.69, 9.17) is 11.1 Å². The monoisotopic (exact) mass is 247 g/mol. The molecule has 3 N–H and O–H groups in total. The second-order valence-corrected chi connectivity index (χ2v) is 4.64. The molecule has 3 nitrogen and oxygen atoms in total. The van der Waals surface area contributed by atoms with E-state index in [1.54, 1.807) is 0 Å². The van der Waals surface area contributed by atoms with Crippen molar-refractivity contribution in [3.8, 4) is 0 Å². The second-order valence-electron chi connectivity index (χ2n) is 4.64. The van der Waals surface area contributed by atoms with Gasteiger partial charge in [-0.2, -0.15) is 0 Å². The number of amidine groups is 1. The van der Waals surface area contributed by atoms with E-state index in [0.29, 0.717) is 6.42 Å². The summed E-state index contributed by atoms with van der Waals surface area (Å²) in [5.41, 5.74) is 6.86. The summed E-state index contributed by atoms with van der Waals surface area (Å²) >= 11 is 0. The lowest BCUT2D eigenvalue weighted by Crippen LogP contribution is -2.32. The van der Waals surface area contributed by atoms with Crippen LogP contribution in [0.25, 0.3) is 0 Å². The minimum absolute atomic E-state index is 0.236. The number of rotatable bonds is 8. The van der Waals surface area contributed by atoms with Gasteiger partial charge in [-0.1, -0.05) is 50.6 Å². The summed E-state index contributed by atoms with van der Waals surface area (Å²) in [4.78, 5) is 2.42. The molecule has 1 aromatic rings. The maximum Gasteiger partial charge on any atom is 0.0924 e. The first kappa shape index (κ1) is 14.7. The van der Waals surface area contributed by atoms with Crippen LogP contribution in [0.5, 0.6) is 0 Å². The molecule has 1 atom stereocenters. The Bertz CT molecular complexity index is 348. The molecule has 3 heteroatoms. The van der Waals surface area contributed by atoms with Gasteiger partial charge in [0.15, 0.2) is 0 Å². The zero-order valence-corrected chi connectivity index (χ0v) is 11.5. The molecule has 0 saturated heterocycles. The Labute approximate surface area is 111 Å². The van der Waals surface area contributed by atoms with Gasteiger partial charge in [0, 0.05) is 12.5 Å². The highest BCUT2D eigenvalue weighted by Crippen LogP contribution is 2.24. The Morgan fingerprint density at radius 2 is 1.94 bits per heavy atom. The Kier molecular flexibility index (Phi) is 6.44.